The van der Waals surface area contributed by atoms with Crippen LogP contribution in [-0.4, -0.2) is 0 Å². The molecule has 0 N–H and O–H groups in total. The highest BCUT2D eigenvalue weighted by molar-refractivity contribution is 5.65. The van der Waals surface area contributed by atoms with Crippen molar-refractivity contribution in [1.82, 2.24) is 0 Å². The molecule has 1 aromatic rings. The quantitative estimate of drug-likeness (QED) is 0.758. The highest BCUT2D eigenvalue weighted by Crippen LogP contribution is 2.48. The molecule has 4 nitrogen and oxygen atoms in total. The minimum atomic E-state index is -0.770. The summed E-state index contributed by atoms with van der Waals surface area (Å²) in [5, 5.41) is 0. The Morgan fingerprint density at radius 3 is 0.875 bits per heavy atom. The van der Waals surface area contributed by atoms with Crippen LogP contribution in [0.15, 0.2) is 0 Å². The number of hydrogen-bond donors (Lipinski definition) is 0. The zero-order valence-corrected chi connectivity index (χ0v) is 8.14. The van der Waals surface area contributed by atoms with E-state index in [1.54, 1.807) is 0 Å². The van der Waals surface area contributed by atoms with Gasteiger partial charge < -0.3 is 0 Å². The predicted octanol–water partition coefficient (Wildman–Crippen LogP) is 3.36. The lowest BCUT2D eigenvalue weighted by Crippen LogP contribution is -1.97. The monoisotopic (exact) mass is 242 g/mol. The first-order valence-corrected chi connectivity index (χ1v) is 3.93. The molecule has 0 heterocycles. The highest BCUT2D eigenvalue weighted by Gasteiger charge is 2.27. The van der Waals surface area contributed by atoms with Crippen LogP contribution in [0.2, 0.25) is 0 Å². The Bertz CT molecular complexity index is 326. The number of benzene rings is 1. The Hall–Kier alpha value is -1.86. The van der Waals surface area contributed by atoms with E-state index >= 15 is 0 Å². The molecule has 0 fully saturated rings. The molecule has 8 heteroatoms. The second kappa shape index (κ2) is 4.77. The largest absolute Gasteiger partial charge is 0.290 e. The van der Waals surface area contributed by atoms with Crippen molar-refractivity contribution < 1.29 is 37.9 Å². The van der Waals surface area contributed by atoms with Gasteiger partial charge in [-0.2, -0.15) is 0 Å². The van der Waals surface area contributed by atoms with Gasteiger partial charge in [-0.05, 0) is 13.8 Å². The molecule has 90 valence electrons. The molecule has 0 radical (unpaired) electrons. The van der Waals surface area contributed by atoms with E-state index in [9.17, 15) is 18.1 Å². The molecule has 0 saturated carbocycles. The van der Waals surface area contributed by atoms with E-state index in [1.165, 1.54) is 0 Å². The molecule has 0 saturated heterocycles. The van der Waals surface area contributed by atoms with E-state index in [0.717, 1.165) is 13.8 Å². The van der Waals surface area contributed by atoms with Crippen molar-refractivity contribution in [3.05, 3.63) is 11.1 Å². The maximum absolute atomic E-state index is 12.1. The summed E-state index contributed by atoms with van der Waals surface area (Å²) in [6, 6.07) is 0. The molecule has 1 rings (SSSR count). The number of rotatable bonds is 4. The first kappa shape index (κ1) is 12.2. The van der Waals surface area contributed by atoms with Crippen LogP contribution in [0, 0.1) is 13.8 Å². The van der Waals surface area contributed by atoms with Crippen molar-refractivity contribution >= 4 is 0 Å². The van der Waals surface area contributed by atoms with Gasteiger partial charge in [0.15, 0.2) is 0 Å². The minimum absolute atomic E-state index is 0.365. The summed E-state index contributed by atoms with van der Waals surface area (Å²) in [6.45, 7) is 2.18. The normalized spacial score (nSPS) is 9.88. The van der Waals surface area contributed by atoms with Crippen LogP contribution in [0.1, 0.15) is 11.1 Å². The molecule has 0 bridgehead atoms. The van der Waals surface area contributed by atoms with E-state index in [2.05, 4.69) is 19.8 Å². The zero-order valence-electron chi connectivity index (χ0n) is 8.14. The summed E-state index contributed by atoms with van der Waals surface area (Å²) in [4.78, 5) is 13.2. The second-order valence-electron chi connectivity index (χ2n) is 2.88. The molecule has 0 aromatic heterocycles. The maximum atomic E-state index is 12.1. The zero-order chi connectivity index (χ0) is 12.3. The molecular weight excluding hydrogens is 236 g/mol. The molecule has 0 aliphatic heterocycles. The Labute approximate surface area is 86.9 Å². The van der Waals surface area contributed by atoms with Gasteiger partial charge in [0.1, 0.15) is 0 Å². The van der Waals surface area contributed by atoms with Crippen molar-refractivity contribution in [2.24, 2.45) is 0 Å². The summed E-state index contributed by atoms with van der Waals surface area (Å²) < 4.78 is 48.4. The smallest absolute Gasteiger partial charge is 0.225 e. The lowest BCUT2D eigenvalue weighted by atomic mass is 10.1. The Morgan fingerprint density at radius 2 is 0.750 bits per heavy atom. The van der Waals surface area contributed by atoms with Gasteiger partial charge in [0.2, 0.25) is 23.0 Å². The summed E-state index contributed by atoms with van der Waals surface area (Å²) in [7, 11) is 0. The van der Waals surface area contributed by atoms with E-state index in [0.29, 0.717) is 0 Å². The maximum Gasteiger partial charge on any atom is 0.225 e. The van der Waals surface area contributed by atoms with Crippen LogP contribution >= 0.6 is 0 Å². The van der Waals surface area contributed by atoms with Crippen LogP contribution in [0.4, 0.5) is 18.1 Å². The molecule has 0 unspecified atom stereocenters. The fourth-order valence-corrected chi connectivity index (χ4v) is 1.26. The molecule has 0 aliphatic rings. The van der Waals surface area contributed by atoms with Crippen LogP contribution < -0.4 is 19.8 Å². The van der Waals surface area contributed by atoms with E-state index in [1.807, 2.05) is 0 Å². The SMILES string of the molecule is Cc1c(OF)c(OF)c(C)c(OF)c1OF. The van der Waals surface area contributed by atoms with Gasteiger partial charge in [-0.3, -0.25) is 19.8 Å². The number of halogens is 4. The first-order chi connectivity index (χ1) is 7.62. The van der Waals surface area contributed by atoms with Gasteiger partial charge in [-0.1, -0.05) is 0 Å². The van der Waals surface area contributed by atoms with Crippen LogP contribution in [0.3, 0.4) is 0 Å². The molecule has 0 spiro atoms. The average molecular weight is 242 g/mol. The first-order valence-electron chi connectivity index (χ1n) is 3.93. The van der Waals surface area contributed by atoms with Gasteiger partial charge in [0, 0.05) is 18.1 Å². The lowest BCUT2D eigenvalue weighted by Gasteiger charge is -2.12. The van der Waals surface area contributed by atoms with Gasteiger partial charge in [-0.25, -0.2) is 0 Å². The topological polar surface area (TPSA) is 36.9 Å². The Balaban J connectivity index is 3.60. The van der Waals surface area contributed by atoms with Crippen molar-refractivity contribution in [2.75, 3.05) is 0 Å². The fraction of sp³-hybridized carbons (Fsp3) is 0.250. The van der Waals surface area contributed by atoms with E-state index < -0.39 is 23.0 Å². The van der Waals surface area contributed by atoms with E-state index in [4.69, 9.17) is 0 Å². The van der Waals surface area contributed by atoms with Gasteiger partial charge in [0.05, 0.1) is 11.1 Å². The van der Waals surface area contributed by atoms with Gasteiger partial charge in [-0.15, -0.1) is 0 Å². The Kier molecular flexibility index (Phi) is 3.64. The lowest BCUT2D eigenvalue weighted by molar-refractivity contribution is -0.0531. The molecule has 0 aliphatic carbocycles. The van der Waals surface area contributed by atoms with Crippen molar-refractivity contribution in [1.29, 1.82) is 0 Å². The molecular formula is C8H6F4O4. The molecule has 0 amide bonds. The Morgan fingerprint density at radius 1 is 0.562 bits per heavy atom. The molecule has 0 atom stereocenters. The minimum Gasteiger partial charge on any atom is -0.290 e. The third kappa shape index (κ3) is 1.66. The van der Waals surface area contributed by atoms with Gasteiger partial charge in [0.25, 0.3) is 0 Å². The van der Waals surface area contributed by atoms with E-state index in [-0.39, 0.29) is 11.1 Å². The third-order valence-corrected chi connectivity index (χ3v) is 2.08. The van der Waals surface area contributed by atoms with Crippen LogP contribution in [-0.2, 0) is 0 Å². The second-order valence-corrected chi connectivity index (χ2v) is 2.88. The van der Waals surface area contributed by atoms with Crippen LogP contribution in [0.5, 0.6) is 23.0 Å². The summed E-state index contributed by atoms with van der Waals surface area (Å²) in [5.41, 5.74) is -0.730. The molecule has 16 heavy (non-hydrogen) atoms. The molecule has 1 aromatic carbocycles. The van der Waals surface area contributed by atoms with Gasteiger partial charge >= 0.3 is 0 Å². The average Bonchev–Trinajstić information content (AvgIpc) is 2.30. The van der Waals surface area contributed by atoms with Crippen molar-refractivity contribution in [3.63, 3.8) is 0 Å². The van der Waals surface area contributed by atoms with Crippen molar-refractivity contribution in [3.8, 4) is 23.0 Å². The van der Waals surface area contributed by atoms with Crippen molar-refractivity contribution in [2.45, 2.75) is 13.8 Å². The third-order valence-electron chi connectivity index (χ3n) is 2.08. The van der Waals surface area contributed by atoms with Crippen LogP contribution in [0.25, 0.3) is 0 Å². The predicted molar refractivity (Wildman–Crippen MR) is 42.9 cm³/mol. The number of hydrogen-bond acceptors (Lipinski definition) is 4. The summed E-state index contributed by atoms with van der Waals surface area (Å²) in [6.07, 6.45) is 0. The fourth-order valence-electron chi connectivity index (χ4n) is 1.26. The summed E-state index contributed by atoms with van der Waals surface area (Å²) >= 11 is 0. The standard InChI is InChI=1S/C8H6F4O4/c1-3-5(13-9)7(15-11)4(2)8(16-12)6(3)14-10/h1-2H3. The highest BCUT2D eigenvalue weighted by atomic mass is 19.3. The summed E-state index contributed by atoms with van der Waals surface area (Å²) in [5.74, 6) is -3.08.